The fourth-order valence-electron chi connectivity index (χ4n) is 3.26. The van der Waals surface area contributed by atoms with E-state index in [0.29, 0.717) is 18.7 Å². The van der Waals surface area contributed by atoms with Gasteiger partial charge in [-0.1, -0.05) is 35.5 Å². The van der Waals surface area contributed by atoms with Crippen LogP contribution in [-0.4, -0.2) is 43.9 Å². The molecule has 0 aliphatic carbocycles. The lowest BCUT2D eigenvalue weighted by Gasteiger charge is -2.38. The van der Waals surface area contributed by atoms with Gasteiger partial charge < -0.3 is 9.88 Å². The van der Waals surface area contributed by atoms with E-state index in [1.165, 1.54) is 0 Å². The Kier molecular flexibility index (Phi) is 3.91. The van der Waals surface area contributed by atoms with Crippen LogP contribution < -0.4 is 5.56 Å². The second-order valence-electron chi connectivity index (χ2n) is 6.65. The summed E-state index contributed by atoms with van der Waals surface area (Å²) in [6.45, 7) is 4.63. The van der Waals surface area contributed by atoms with Crippen molar-refractivity contribution in [3.05, 3.63) is 69.8 Å². The molecule has 0 spiro atoms. The molecule has 1 aliphatic rings. The summed E-state index contributed by atoms with van der Waals surface area (Å²) in [6.07, 6.45) is 1.89. The molecule has 0 radical (unpaired) electrons. The van der Waals surface area contributed by atoms with E-state index in [9.17, 15) is 9.59 Å². The van der Waals surface area contributed by atoms with Crippen LogP contribution in [0.15, 0.2) is 47.4 Å². The summed E-state index contributed by atoms with van der Waals surface area (Å²) < 4.78 is 1.79. The maximum Gasteiger partial charge on any atom is 0.261 e. The van der Waals surface area contributed by atoms with Gasteiger partial charge in [0.15, 0.2) is 0 Å². The van der Waals surface area contributed by atoms with Gasteiger partial charge in [-0.05, 0) is 25.5 Å². The number of likely N-dealkylation sites (tertiary alicyclic amines) is 1. The summed E-state index contributed by atoms with van der Waals surface area (Å²) in [5.74, 6) is -0.233. The summed E-state index contributed by atoms with van der Waals surface area (Å²) in [5.41, 5.74) is 3.16. The minimum Gasteiger partial charge on any atom is -0.334 e. The van der Waals surface area contributed by atoms with Crippen molar-refractivity contribution in [2.75, 3.05) is 13.1 Å². The van der Waals surface area contributed by atoms with Gasteiger partial charge in [0.1, 0.15) is 11.3 Å². The molecule has 26 heavy (non-hydrogen) atoms. The number of nitrogens with zero attached hydrogens (tertiary/aromatic N) is 4. The maximum absolute atomic E-state index is 12.6. The van der Waals surface area contributed by atoms with Crippen molar-refractivity contribution in [3.8, 4) is 11.3 Å². The first kappa shape index (κ1) is 16.3. The summed E-state index contributed by atoms with van der Waals surface area (Å²) in [6, 6.07) is 11.7. The van der Waals surface area contributed by atoms with Crippen molar-refractivity contribution in [1.29, 1.82) is 0 Å². The Morgan fingerprint density at radius 1 is 1.19 bits per heavy atom. The number of carbonyl (C=O) groups excluding carboxylic acids is 1. The molecule has 0 unspecified atom stereocenters. The van der Waals surface area contributed by atoms with E-state index in [1.807, 2.05) is 42.6 Å². The van der Waals surface area contributed by atoms with Crippen LogP contribution in [0.3, 0.4) is 0 Å². The summed E-state index contributed by atoms with van der Waals surface area (Å²) in [5, 5.41) is 8.40. The molecule has 3 aromatic rings. The van der Waals surface area contributed by atoms with Gasteiger partial charge in [0.05, 0.1) is 12.2 Å². The normalized spacial score (nSPS) is 14.3. The third kappa shape index (κ3) is 2.81. The quantitative estimate of drug-likeness (QED) is 0.783. The number of hydrogen-bond donors (Lipinski definition) is 1. The second kappa shape index (κ2) is 6.25. The number of rotatable bonds is 3. The largest absolute Gasteiger partial charge is 0.334 e. The zero-order valence-corrected chi connectivity index (χ0v) is 14.6. The molecule has 7 heteroatoms. The van der Waals surface area contributed by atoms with Crippen molar-refractivity contribution in [1.82, 2.24) is 24.9 Å². The number of hydrogen-bond acceptors (Lipinski definition) is 4. The van der Waals surface area contributed by atoms with E-state index in [1.54, 1.807) is 23.4 Å². The molecule has 1 amide bonds. The fraction of sp³-hybridized carbons (Fsp3) is 0.263. The second-order valence-corrected chi connectivity index (χ2v) is 6.65. The van der Waals surface area contributed by atoms with E-state index in [0.717, 1.165) is 17.0 Å². The van der Waals surface area contributed by atoms with Gasteiger partial charge in [0.25, 0.3) is 11.5 Å². The first-order chi connectivity index (χ1) is 12.5. The van der Waals surface area contributed by atoms with Gasteiger partial charge in [-0.3, -0.25) is 9.59 Å². The van der Waals surface area contributed by atoms with Crippen LogP contribution in [0, 0.1) is 13.8 Å². The number of benzene rings is 1. The predicted octanol–water partition coefficient (Wildman–Crippen LogP) is 1.95. The topological polar surface area (TPSA) is 83.9 Å². The predicted molar refractivity (Wildman–Crippen MR) is 96.9 cm³/mol. The zero-order chi connectivity index (χ0) is 18.3. The SMILES string of the molecule is Cc1cc(C)c(C(=O)N2CC(n3cc(-c4ccccc4)nn3)C2)c(=O)[nH]1. The summed E-state index contributed by atoms with van der Waals surface area (Å²) >= 11 is 0. The van der Waals surface area contributed by atoms with Gasteiger partial charge in [-0.15, -0.1) is 5.10 Å². The van der Waals surface area contributed by atoms with Gasteiger partial charge in [-0.25, -0.2) is 4.68 Å². The molecule has 2 aromatic heterocycles. The lowest BCUT2D eigenvalue weighted by molar-refractivity contribution is 0.0496. The van der Waals surface area contributed by atoms with Crippen LogP contribution in [0.5, 0.6) is 0 Å². The smallest absolute Gasteiger partial charge is 0.261 e. The first-order valence-electron chi connectivity index (χ1n) is 8.50. The average Bonchev–Trinajstić information content (AvgIpc) is 3.03. The molecule has 1 aliphatic heterocycles. The molecule has 7 nitrogen and oxygen atoms in total. The third-order valence-corrected chi connectivity index (χ3v) is 4.68. The van der Waals surface area contributed by atoms with E-state index < -0.39 is 0 Å². The molecular formula is C19H19N5O2. The maximum atomic E-state index is 12.6. The van der Waals surface area contributed by atoms with Gasteiger partial charge in [0.2, 0.25) is 0 Å². The molecule has 1 aromatic carbocycles. The number of aromatic amines is 1. The van der Waals surface area contributed by atoms with Crippen molar-refractivity contribution in [3.63, 3.8) is 0 Å². The molecule has 3 heterocycles. The molecule has 132 valence electrons. The van der Waals surface area contributed by atoms with Crippen LogP contribution in [-0.2, 0) is 0 Å². The number of carbonyl (C=O) groups is 1. The van der Waals surface area contributed by atoms with E-state index in [2.05, 4.69) is 15.3 Å². The molecule has 0 bridgehead atoms. The van der Waals surface area contributed by atoms with Crippen LogP contribution in [0.2, 0.25) is 0 Å². The fourth-order valence-corrected chi connectivity index (χ4v) is 3.26. The van der Waals surface area contributed by atoms with Crippen LogP contribution in [0.1, 0.15) is 27.7 Å². The molecular weight excluding hydrogens is 330 g/mol. The zero-order valence-electron chi connectivity index (χ0n) is 14.6. The molecule has 1 saturated heterocycles. The minimum atomic E-state index is -0.330. The standard InChI is InChI=1S/C19H19N5O2/c1-12-8-13(2)20-18(25)17(12)19(26)23-9-15(10-23)24-11-16(21-22-24)14-6-4-3-5-7-14/h3-8,11,15H,9-10H2,1-2H3,(H,20,25). The van der Waals surface area contributed by atoms with Gasteiger partial charge in [-0.2, -0.15) is 0 Å². The average molecular weight is 349 g/mol. The number of aromatic nitrogens is 4. The monoisotopic (exact) mass is 349 g/mol. The number of H-pyrrole nitrogens is 1. The molecule has 1 fully saturated rings. The molecule has 4 rings (SSSR count). The Hall–Kier alpha value is -3.22. The lowest BCUT2D eigenvalue weighted by atomic mass is 10.0. The summed E-state index contributed by atoms with van der Waals surface area (Å²) in [7, 11) is 0. The van der Waals surface area contributed by atoms with Crippen molar-refractivity contribution < 1.29 is 4.79 Å². The summed E-state index contributed by atoms with van der Waals surface area (Å²) in [4.78, 5) is 29.1. The number of aryl methyl sites for hydroxylation is 2. The Morgan fingerprint density at radius 3 is 2.62 bits per heavy atom. The Labute approximate surface area is 150 Å². The highest BCUT2D eigenvalue weighted by Crippen LogP contribution is 2.24. The number of pyridine rings is 1. The lowest BCUT2D eigenvalue weighted by Crippen LogP contribution is -2.52. The number of amides is 1. The van der Waals surface area contributed by atoms with Crippen molar-refractivity contribution in [2.24, 2.45) is 0 Å². The van der Waals surface area contributed by atoms with Gasteiger partial charge in [0, 0.05) is 24.3 Å². The highest BCUT2D eigenvalue weighted by molar-refractivity contribution is 5.95. The van der Waals surface area contributed by atoms with Crippen molar-refractivity contribution >= 4 is 5.91 Å². The molecule has 0 saturated carbocycles. The molecule has 0 atom stereocenters. The van der Waals surface area contributed by atoms with E-state index in [-0.39, 0.29) is 23.1 Å². The van der Waals surface area contributed by atoms with E-state index >= 15 is 0 Å². The van der Waals surface area contributed by atoms with Crippen molar-refractivity contribution in [2.45, 2.75) is 19.9 Å². The third-order valence-electron chi connectivity index (χ3n) is 4.68. The number of nitrogens with one attached hydrogen (secondary N) is 1. The van der Waals surface area contributed by atoms with E-state index in [4.69, 9.17) is 0 Å². The van der Waals surface area contributed by atoms with Gasteiger partial charge >= 0.3 is 0 Å². The Balaban J connectivity index is 1.47. The minimum absolute atomic E-state index is 0.0775. The highest BCUT2D eigenvalue weighted by atomic mass is 16.2. The van der Waals surface area contributed by atoms with Crippen LogP contribution in [0.4, 0.5) is 0 Å². The Bertz CT molecular complexity index is 1020. The molecule has 1 N–H and O–H groups in total. The van der Waals surface area contributed by atoms with Crippen LogP contribution in [0.25, 0.3) is 11.3 Å². The van der Waals surface area contributed by atoms with Crippen LogP contribution >= 0.6 is 0 Å². The Morgan fingerprint density at radius 2 is 1.92 bits per heavy atom. The highest BCUT2D eigenvalue weighted by Gasteiger charge is 2.35. The first-order valence-corrected chi connectivity index (χ1v) is 8.50.